The van der Waals surface area contributed by atoms with E-state index in [0.717, 1.165) is 59.1 Å². The molecule has 17 nitrogen and oxygen atoms in total. The molecule has 2 aromatic carbocycles. The number of aromatic amines is 2. The van der Waals surface area contributed by atoms with Gasteiger partial charge in [-0.1, -0.05) is 26.8 Å². The van der Waals surface area contributed by atoms with Crippen molar-refractivity contribution < 1.29 is 42.5 Å². The van der Waals surface area contributed by atoms with Crippen molar-refractivity contribution in [2.24, 2.45) is 11.3 Å². The van der Waals surface area contributed by atoms with Gasteiger partial charge in [-0.05, 0) is 111 Å². The number of hydrogen-bond donors (Lipinski definition) is 4. The van der Waals surface area contributed by atoms with Crippen molar-refractivity contribution in [3.05, 3.63) is 88.1 Å². The molecule has 4 amide bonds. The molecule has 6 aromatic rings. The first-order chi connectivity index (χ1) is 34.8. The molecule has 4 fully saturated rings. The minimum atomic E-state index is -0.823. The summed E-state index contributed by atoms with van der Waals surface area (Å²) >= 11 is 1.73. The van der Waals surface area contributed by atoms with Crippen LogP contribution in [0.3, 0.4) is 0 Å². The maximum Gasteiger partial charge on any atom is 0.407 e. The maximum atomic E-state index is 17.0. The zero-order chi connectivity index (χ0) is 50.0. The molecule has 5 atom stereocenters. The number of amides is 4. The van der Waals surface area contributed by atoms with Gasteiger partial charge in [0.25, 0.3) is 0 Å². The maximum absolute atomic E-state index is 17.0. The zero-order valence-corrected chi connectivity index (χ0v) is 41.9. The molecule has 4 aromatic heterocycles. The Kier molecular flexibility index (Phi) is 12.6. The average Bonchev–Trinajstić information content (AvgIpc) is 4.11. The molecular formula is C53H60FN9O8S. The molecule has 0 bridgehead atoms. The fourth-order valence-corrected chi connectivity index (χ4v) is 12.3. The molecule has 72 heavy (non-hydrogen) atoms. The Bertz CT molecular complexity index is 3050. The van der Waals surface area contributed by atoms with E-state index >= 15 is 4.39 Å². The Morgan fingerprint density at radius 1 is 0.778 bits per heavy atom. The molecule has 1 saturated carbocycles. The van der Waals surface area contributed by atoms with Gasteiger partial charge in [-0.3, -0.25) is 14.2 Å². The Morgan fingerprint density at radius 3 is 2.07 bits per heavy atom. The van der Waals surface area contributed by atoms with Crippen LogP contribution in [-0.4, -0.2) is 111 Å². The molecule has 3 saturated heterocycles. The summed E-state index contributed by atoms with van der Waals surface area (Å²) in [5, 5.41) is 6.44. The fraction of sp³-hybridized carbons (Fsp3) is 0.472. The van der Waals surface area contributed by atoms with Gasteiger partial charge in [0.2, 0.25) is 18.0 Å². The second-order valence-corrected chi connectivity index (χ2v) is 21.9. The Labute approximate surface area is 420 Å². The number of imidazole rings is 2. The van der Waals surface area contributed by atoms with Gasteiger partial charge in [0, 0.05) is 47.7 Å². The normalized spacial score (nSPS) is 20.9. The number of alkyl carbamates (subject to hydrolysis) is 2. The SMILES string of the molecule is COC(=O)NC(C(=O)N1CCC[C@H]1c1ncc(-c2cc(F)c3c(c2)OC(c2ccc(C4CC4)s2)n2c-3cc3cc(-c4cnc([C@@H]5CCCN5C(=O)[C@@H](NC(=O)OC)C5CCOCC5)[nH]4)ccc32)[nH]1)C(C)(C)C. The second kappa shape index (κ2) is 19.0. The molecular weight excluding hydrogens is 942 g/mol. The third kappa shape index (κ3) is 8.87. The summed E-state index contributed by atoms with van der Waals surface area (Å²) in [4.78, 5) is 75.4. The van der Waals surface area contributed by atoms with Crippen LogP contribution in [0.25, 0.3) is 44.7 Å². The number of nitrogens with zero attached hydrogens (tertiary/aromatic N) is 5. The number of carbonyl (C=O) groups excluding carboxylic acids is 4. The summed E-state index contributed by atoms with van der Waals surface area (Å²) in [5.41, 5.74) is 4.10. The largest absolute Gasteiger partial charge is 0.464 e. The fourth-order valence-electron chi connectivity index (χ4n) is 11.1. The van der Waals surface area contributed by atoms with Crippen LogP contribution in [0.4, 0.5) is 14.0 Å². The Morgan fingerprint density at radius 2 is 1.42 bits per heavy atom. The first-order valence-electron chi connectivity index (χ1n) is 25.0. The monoisotopic (exact) mass is 1000 g/mol. The molecule has 4 N–H and O–H groups in total. The lowest BCUT2D eigenvalue weighted by Gasteiger charge is -2.35. The number of carbonyl (C=O) groups is 4. The molecule has 1 aliphatic carbocycles. The van der Waals surface area contributed by atoms with E-state index < -0.39 is 41.7 Å². The molecule has 5 aliphatic rings. The summed E-state index contributed by atoms with van der Waals surface area (Å²) in [6, 6.07) is 13.6. The predicted molar refractivity (Wildman–Crippen MR) is 267 cm³/mol. The number of thiophene rings is 1. The molecule has 19 heteroatoms. The van der Waals surface area contributed by atoms with Gasteiger partial charge in [-0.25, -0.2) is 23.9 Å². The van der Waals surface area contributed by atoms with E-state index in [1.54, 1.807) is 28.6 Å². The minimum Gasteiger partial charge on any atom is -0.464 e. The number of H-pyrrole nitrogens is 2. The number of methoxy groups -OCH3 is 2. The third-order valence-electron chi connectivity index (χ3n) is 15.0. The number of hydrogen-bond acceptors (Lipinski definition) is 11. The van der Waals surface area contributed by atoms with Crippen LogP contribution in [0.15, 0.2) is 60.9 Å². The van der Waals surface area contributed by atoms with E-state index in [4.69, 9.17) is 28.9 Å². The zero-order valence-electron chi connectivity index (χ0n) is 41.1. The van der Waals surface area contributed by atoms with Crippen molar-refractivity contribution in [2.75, 3.05) is 40.5 Å². The average molecular weight is 1000 g/mol. The second-order valence-electron chi connectivity index (χ2n) is 20.7. The molecule has 11 rings (SSSR count). The van der Waals surface area contributed by atoms with E-state index in [9.17, 15) is 19.2 Å². The van der Waals surface area contributed by atoms with Crippen molar-refractivity contribution in [1.29, 1.82) is 0 Å². The van der Waals surface area contributed by atoms with Gasteiger partial charge in [0.15, 0.2) is 0 Å². The number of benzene rings is 2. The van der Waals surface area contributed by atoms with Crippen molar-refractivity contribution in [1.82, 2.24) is 44.9 Å². The first kappa shape index (κ1) is 47.6. The quantitative estimate of drug-likeness (QED) is 0.0970. The molecule has 0 spiro atoms. The Hall–Kier alpha value is -6.73. The van der Waals surface area contributed by atoms with Crippen LogP contribution in [0.1, 0.15) is 118 Å². The first-order valence-corrected chi connectivity index (χ1v) is 25.8. The molecule has 0 radical (unpaired) electrons. The lowest BCUT2D eigenvalue weighted by atomic mass is 9.85. The van der Waals surface area contributed by atoms with Gasteiger partial charge in [0.1, 0.15) is 35.3 Å². The number of ether oxygens (including phenoxy) is 4. The number of likely N-dealkylation sites (tertiary alicyclic amines) is 2. The molecule has 378 valence electrons. The van der Waals surface area contributed by atoms with Crippen LogP contribution >= 0.6 is 11.3 Å². The Balaban J connectivity index is 0.896. The van der Waals surface area contributed by atoms with Crippen LogP contribution < -0.4 is 15.4 Å². The van der Waals surface area contributed by atoms with E-state index in [0.29, 0.717) is 91.4 Å². The highest BCUT2D eigenvalue weighted by molar-refractivity contribution is 7.12. The van der Waals surface area contributed by atoms with E-state index in [1.165, 1.54) is 25.2 Å². The summed E-state index contributed by atoms with van der Waals surface area (Å²) in [7, 11) is 2.57. The van der Waals surface area contributed by atoms with Crippen molar-refractivity contribution in [3.63, 3.8) is 0 Å². The number of rotatable bonds is 11. The number of nitrogens with one attached hydrogen (secondary N) is 4. The molecule has 4 aliphatic heterocycles. The third-order valence-corrected chi connectivity index (χ3v) is 16.3. The standard InChI is InChI=1S/C53H60FN9O8S/c1-53(2,3)45(60-52(67)69-5)49(65)62-19-7-9-38(62)47-56-27-35(58-47)31-23-33(54)43-39-24-32-22-30(12-13-36(32)63(39)50(71-40(43)25-31)42-15-14-41(72-42)28-10-11-28)34-26-55-46(57-34)37-8-6-18-61(37)48(64)44(59-51(66)68-4)29-16-20-70-21-17-29/h12-15,22-29,37-38,44-45,50H,6-11,16-21H2,1-5H3,(H,55,57)(H,56,58)(H,59,66)(H,60,67)/t37-,38-,44-,45?,50?/m0/s1. The molecule has 2 unspecified atom stereocenters. The predicted octanol–water partition coefficient (Wildman–Crippen LogP) is 9.35. The summed E-state index contributed by atoms with van der Waals surface area (Å²) < 4.78 is 41.3. The lowest BCUT2D eigenvalue weighted by molar-refractivity contribution is -0.137. The highest BCUT2D eigenvalue weighted by Gasteiger charge is 2.43. The number of aromatic nitrogens is 5. The van der Waals surface area contributed by atoms with Crippen LogP contribution in [0.2, 0.25) is 0 Å². The van der Waals surface area contributed by atoms with E-state index in [2.05, 4.69) is 43.4 Å². The molecule has 8 heterocycles. The lowest BCUT2D eigenvalue weighted by Crippen LogP contribution is -2.54. The van der Waals surface area contributed by atoms with Gasteiger partial charge < -0.3 is 49.3 Å². The highest BCUT2D eigenvalue weighted by Crippen LogP contribution is 2.50. The van der Waals surface area contributed by atoms with Crippen molar-refractivity contribution >= 4 is 46.2 Å². The van der Waals surface area contributed by atoms with Gasteiger partial charge in [0.05, 0.1) is 71.7 Å². The van der Waals surface area contributed by atoms with Gasteiger partial charge in [-0.2, -0.15) is 0 Å². The van der Waals surface area contributed by atoms with Crippen molar-refractivity contribution in [3.8, 4) is 39.5 Å². The van der Waals surface area contributed by atoms with Crippen LogP contribution in [-0.2, 0) is 23.8 Å². The summed E-state index contributed by atoms with van der Waals surface area (Å²) in [5.74, 6) is 1.29. The van der Waals surface area contributed by atoms with E-state index in [-0.39, 0.29) is 29.8 Å². The minimum absolute atomic E-state index is 0.0727. The van der Waals surface area contributed by atoms with Crippen LogP contribution in [0, 0.1) is 17.2 Å². The van der Waals surface area contributed by atoms with Gasteiger partial charge in [-0.15, -0.1) is 11.3 Å². The smallest absolute Gasteiger partial charge is 0.407 e. The van der Waals surface area contributed by atoms with E-state index in [1.807, 2.05) is 49.9 Å². The van der Waals surface area contributed by atoms with Crippen molar-refractivity contribution in [2.45, 2.75) is 108 Å². The topological polar surface area (TPSA) is 198 Å². The number of fused-ring (bicyclic) bond motifs is 5. The van der Waals surface area contributed by atoms with Gasteiger partial charge >= 0.3 is 12.2 Å². The summed E-state index contributed by atoms with van der Waals surface area (Å²) in [6.45, 7) is 7.79. The van der Waals surface area contributed by atoms with Crippen LogP contribution in [0.5, 0.6) is 5.75 Å². The summed E-state index contributed by atoms with van der Waals surface area (Å²) in [6.07, 6.45) is 8.16. The number of halogens is 1. The highest BCUT2D eigenvalue weighted by atomic mass is 32.1.